The lowest BCUT2D eigenvalue weighted by atomic mass is 9.92. The van der Waals surface area contributed by atoms with Crippen molar-refractivity contribution in [3.05, 3.63) is 23.8 Å². The van der Waals surface area contributed by atoms with Crippen LogP contribution in [0.3, 0.4) is 0 Å². The summed E-state index contributed by atoms with van der Waals surface area (Å²) in [5.41, 5.74) is -0.211. The number of para-hydroxylation sites is 1. The Bertz CT molecular complexity index is 997. The quantitative estimate of drug-likeness (QED) is 0.120. The molecule has 2 rings (SSSR count). The summed E-state index contributed by atoms with van der Waals surface area (Å²) in [5.74, 6) is -4.27. The number of nitrogens with one attached hydrogen (secondary N) is 2. The van der Waals surface area contributed by atoms with Crippen molar-refractivity contribution in [1.29, 1.82) is 0 Å². The van der Waals surface area contributed by atoms with Crippen LogP contribution in [-0.4, -0.2) is 59.7 Å². The molecule has 210 valence electrons. The maximum absolute atomic E-state index is 13.3. The molecule has 2 amide bonds. The molecule has 11 heteroatoms. The number of carbonyl (C=O) groups is 5. The number of rotatable bonds is 12. The highest BCUT2D eigenvalue weighted by atomic mass is 16.6. The molecular formula is C27H38N2O9. The normalized spacial score (nSPS) is 23.6. The molecule has 1 aromatic rings. The van der Waals surface area contributed by atoms with Gasteiger partial charge in [0, 0.05) is 6.42 Å². The number of amides is 2. The highest BCUT2D eigenvalue weighted by Crippen LogP contribution is 2.29. The van der Waals surface area contributed by atoms with Crippen molar-refractivity contribution < 1.29 is 43.3 Å². The fourth-order valence-corrected chi connectivity index (χ4v) is 4.28. The smallest absolute Gasteiger partial charge is 0.332 e. The number of cyclic esters (lactones) is 2. The first-order valence-electron chi connectivity index (χ1n) is 13.1. The van der Waals surface area contributed by atoms with E-state index < -0.39 is 59.8 Å². The van der Waals surface area contributed by atoms with Crippen molar-refractivity contribution in [3.8, 4) is 5.75 Å². The van der Waals surface area contributed by atoms with Gasteiger partial charge in [-0.1, -0.05) is 45.6 Å². The summed E-state index contributed by atoms with van der Waals surface area (Å²) in [4.78, 5) is 62.5. The third-order valence-corrected chi connectivity index (χ3v) is 6.36. The van der Waals surface area contributed by atoms with E-state index >= 15 is 0 Å². The van der Waals surface area contributed by atoms with Gasteiger partial charge in [-0.05, 0) is 38.8 Å². The first-order valence-corrected chi connectivity index (χ1v) is 13.1. The van der Waals surface area contributed by atoms with Gasteiger partial charge in [0.15, 0.2) is 17.9 Å². The van der Waals surface area contributed by atoms with E-state index in [9.17, 15) is 29.1 Å². The van der Waals surface area contributed by atoms with Crippen LogP contribution in [0.15, 0.2) is 18.2 Å². The monoisotopic (exact) mass is 534 g/mol. The summed E-state index contributed by atoms with van der Waals surface area (Å²) < 4.78 is 16.8. The van der Waals surface area contributed by atoms with Gasteiger partial charge >= 0.3 is 17.9 Å². The van der Waals surface area contributed by atoms with Gasteiger partial charge in [0.05, 0.1) is 17.2 Å². The lowest BCUT2D eigenvalue weighted by Gasteiger charge is -2.29. The van der Waals surface area contributed by atoms with Gasteiger partial charge in [0.1, 0.15) is 12.2 Å². The van der Waals surface area contributed by atoms with Gasteiger partial charge in [-0.3, -0.25) is 19.2 Å². The average molecular weight is 535 g/mol. The summed E-state index contributed by atoms with van der Waals surface area (Å²) >= 11 is 0. The van der Waals surface area contributed by atoms with E-state index in [0.717, 1.165) is 19.3 Å². The van der Waals surface area contributed by atoms with E-state index in [1.54, 1.807) is 0 Å². The highest BCUT2D eigenvalue weighted by Gasteiger charge is 2.43. The zero-order chi connectivity index (χ0) is 28.2. The fourth-order valence-electron chi connectivity index (χ4n) is 4.28. The Labute approximate surface area is 222 Å². The molecule has 0 aliphatic carbocycles. The standard InChI is InChI=1S/C27H38N2O9/c1-5-7-8-9-12-19-24(38-21(31)11-6-2)17(4)37-27(35)22(16(3)36-26(19)34)29-25(33)18-13-10-14-20(23(18)32)28-15-30/h10,13-17,19,22,24,32H,5-9,11-12H2,1-4H3,(H,28,30)(H,29,33)/t16-,17+,19+,22+,24-/m1/s1. The molecule has 0 aromatic heterocycles. The molecule has 1 heterocycles. The van der Waals surface area contributed by atoms with E-state index in [1.807, 2.05) is 6.92 Å². The number of ether oxygens (including phenoxy) is 3. The van der Waals surface area contributed by atoms with E-state index in [0.29, 0.717) is 25.7 Å². The van der Waals surface area contributed by atoms with Crippen LogP contribution in [0.1, 0.15) is 83.0 Å². The third-order valence-electron chi connectivity index (χ3n) is 6.36. The van der Waals surface area contributed by atoms with Crippen LogP contribution >= 0.6 is 0 Å². The van der Waals surface area contributed by atoms with Crippen molar-refractivity contribution in [3.63, 3.8) is 0 Å². The van der Waals surface area contributed by atoms with Gasteiger partial charge in [0.25, 0.3) is 5.91 Å². The van der Waals surface area contributed by atoms with E-state index in [2.05, 4.69) is 17.6 Å². The van der Waals surface area contributed by atoms with Gasteiger partial charge < -0.3 is 30.0 Å². The molecule has 1 fully saturated rings. The number of carbonyl (C=O) groups excluding carboxylic acids is 5. The summed E-state index contributed by atoms with van der Waals surface area (Å²) in [6.07, 6.45) is 1.78. The molecule has 11 nitrogen and oxygen atoms in total. The zero-order valence-electron chi connectivity index (χ0n) is 22.4. The summed E-state index contributed by atoms with van der Waals surface area (Å²) in [6.45, 7) is 6.86. The number of esters is 3. The molecule has 1 aromatic carbocycles. The first-order chi connectivity index (χ1) is 18.1. The lowest BCUT2D eigenvalue weighted by molar-refractivity contribution is -0.175. The number of unbranched alkanes of at least 4 members (excludes halogenated alkanes) is 3. The van der Waals surface area contributed by atoms with Crippen LogP contribution in [0.2, 0.25) is 0 Å². The van der Waals surface area contributed by atoms with Gasteiger partial charge in [0.2, 0.25) is 6.41 Å². The number of aromatic hydroxyl groups is 1. The molecule has 0 spiro atoms. The fraction of sp³-hybridized carbons (Fsp3) is 0.593. The van der Waals surface area contributed by atoms with Crippen LogP contribution in [0.5, 0.6) is 5.75 Å². The predicted octanol–water partition coefficient (Wildman–Crippen LogP) is 3.23. The molecular weight excluding hydrogens is 496 g/mol. The molecule has 1 aliphatic rings. The Morgan fingerprint density at radius 2 is 1.74 bits per heavy atom. The number of phenolic OH excluding ortho intramolecular Hbond substituents is 1. The van der Waals surface area contributed by atoms with Crippen molar-refractivity contribution in [2.45, 2.75) is 97.0 Å². The van der Waals surface area contributed by atoms with E-state index in [-0.39, 0.29) is 17.7 Å². The van der Waals surface area contributed by atoms with Crippen molar-refractivity contribution >= 4 is 35.9 Å². The highest BCUT2D eigenvalue weighted by molar-refractivity contribution is 6.01. The average Bonchev–Trinajstić information content (AvgIpc) is 2.89. The number of anilines is 1. The molecule has 0 bridgehead atoms. The Balaban J connectivity index is 2.33. The molecule has 0 radical (unpaired) electrons. The Hall–Kier alpha value is -3.63. The number of benzene rings is 1. The van der Waals surface area contributed by atoms with Crippen LogP contribution < -0.4 is 10.6 Å². The minimum Gasteiger partial charge on any atom is -0.505 e. The Morgan fingerprint density at radius 1 is 1.03 bits per heavy atom. The van der Waals surface area contributed by atoms with Crippen LogP contribution in [0.4, 0.5) is 5.69 Å². The Morgan fingerprint density at radius 3 is 2.39 bits per heavy atom. The SMILES string of the molecule is CCCCCC[C@@H]1C(=O)O[C@H](C)[C@H](NC(=O)c2cccc(NC=O)c2O)C(=O)O[C@@H](C)[C@H]1OC(=O)CCC. The minimum absolute atomic E-state index is 0.000410. The first kappa shape index (κ1) is 30.6. The van der Waals surface area contributed by atoms with Crippen molar-refractivity contribution in [1.82, 2.24) is 5.32 Å². The number of hydrogen-bond acceptors (Lipinski definition) is 9. The third kappa shape index (κ3) is 8.19. The second kappa shape index (κ2) is 14.9. The number of hydrogen-bond donors (Lipinski definition) is 3. The molecule has 1 saturated heterocycles. The molecule has 5 atom stereocenters. The predicted molar refractivity (Wildman–Crippen MR) is 137 cm³/mol. The van der Waals surface area contributed by atoms with Gasteiger partial charge in [-0.15, -0.1) is 0 Å². The second-order valence-corrected chi connectivity index (χ2v) is 9.36. The molecule has 0 saturated carbocycles. The van der Waals surface area contributed by atoms with Crippen molar-refractivity contribution in [2.24, 2.45) is 5.92 Å². The summed E-state index contributed by atoms with van der Waals surface area (Å²) in [7, 11) is 0. The lowest BCUT2D eigenvalue weighted by Crippen LogP contribution is -2.50. The topological polar surface area (TPSA) is 157 Å². The van der Waals surface area contributed by atoms with Gasteiger partial charge in [-0.2, -0.15) is 0 Å². The van der Waals surface area contributed by atoms with Crippen molar-refractivity contribution in [2.75, 3.05) is 5.32 Å². The molecule has 0 unspecified atom stereocenters. The maximum atomic E-state index is 13.3. The molecule has 3 N–H and O–H groups in total. The summed E-state index contributed by atoms with van der Waals surface area (Å²) in [6, 6.07) is 2.71. The van der Waals surface area contributed by atoms with Crippen LogP contribution in [0, 0.1) is 5.92 Å². The zero-order valence-corrected chi connectivity index (χ0v) is 22.4. The van der Waals surface area contributed by atoms with E-state index in [1.165, 1.54) is 32.0 Å². The van der Waals surface area contributed by atoms with Crippen LogP contribution in [-0.2, 0) is 33.4 Å². The maximum Gasteiger partial charge on any atom is 0.332 e. The molecule has 1 aliphatic heterocycles. The van der Waals surface area contributed by atoms with E-state index in [4.69, 9.17) is 14.2 Å². The second-order valence-electron chi connectivity index (χ2n) is 9.36. The molecule has 38 heavy (non-hydrogen) atoms. The van der Waals surface area contributed by atoms with Crippen LogP contribution in [0.25, 0.3) is 0 Å². The summed E-state index contributed by atoms with van der Waals surface area (Å²) in [5, 5.41) is 15.1. The van der Waals surface area contributed by atoms with Gasteiger partial charge in [-0.25, -0.2) is 4.79 Å². The Kier molecular flexibility index (Phi) is 12.0. The largest absolute Gasteiger partial charge is 0.505 e. The number of phenols is 1. The minimum atomic E-state index is -1.41.